The quantitative estimate of drug-likeness (QED) is 0.734. The second-order valence-corrected chi connectivity index (χ2v) is 8.61. The lowest BCUT2D eigenvalue weighted by molar-refractivity contribution is -0.118. The van der Waals surface area contributed by atoms with Gasteiger partial charge in [-0.1, -0.05) is 19.4 Å². The first kappa shape index (κ1) is 14.0. The van der Waals surface area contributed by atoms with Crippen LogP contribution in [0.15, 0.2) is 11.6 Å². The van der Waals surface area contributed by atoms with Crippen molar-refractivity contribution in [3.8, 4) is 0 Å². The third kappa shape index (κ3) is 1.78. The minimum absolute atomic E-state index is 0.0823. The van der Waals surface area contributed by atoms with Gasteiger partial charge in [0.1, 0.15) is 0 Å². The lowest BCUT2D eigenvalue weighted by Crippen LogP contribution is -2.51. The number of carbonyl (C=O) groups is 1. The number of hydrogen-bond donors (Lipinski definition) is 1. The lowest BCUT2D eigenvalue weighted by Gasteiger charge is -2.57. The highest BCUT2D eigenvalue weighted by Gasteiger charge is 2.58. The summed E-state index contributed by atoms with van der Waals surface area (Å²) in [7, 11) is 0. The Morgan fingerprint density at radius 2 is 1.86 bits per heavy atom. The van der Waals surface area contributed by atoms with Gasteiger partial charge in [0.2, 0.25) is 0 Å². The van der Waals surface area contributed by atoms with Crippen LogP contribution in [0, 0.1) is 28.6 Å². The van der Waals surface area contributed by atoms with E-state index >= 15 is 0 Å². The molecule has 0 aliphatic heterocycles. The van der Waals surface area contributed by atoms with Crippen molar-refractivity contribution < 1.29 is 9.90 Å². The number of aliphatic hydroxyl groups is 1. The van der Waals surface area contributed by atoms with Crippen LogP contribution in [0.3, 0.4) is 0 Å². The summed E-state index contributed by atoms with van der Waals surface area (Å²) in [6, 6.07) is 0. The fraction of sp³-hybridized carbons (Fsp3) is 0.842. The fourth-order valence-corrected chi connectivity index (χ4v) is 6.53. The minimum atomic E-state index is -0.0823. The SMILES string of the molecule is C[C@@]12CC[C@@H]3[C@H](CCC4=CC(=O)CC[C@]43C)[C@@H]1CC[C@@H]2O. The predicted octanol–water partition coefficient (Wildman–Crippen LogP) is 3.88. The number of hydrogen-bond acceptors (Lipinski definition) is 2. The molecule has 0 aromatic heterocycles. The van der Waals surface area contributed by atoms with Gasteiger partial charge >= 0.3 is 0 Å². The van der Waals surface area contributed by atoms with E-state index in [2.05, 4.69) is 13.8 Å². The highest BCUT2D eigenvalue weighted by atomic mass is 16.3. The van der Waals surface area contributed by atoms with E-state index in [9.17, 15) is 9.90 Å². The molecule has 0 amide bonds. The molecular formula is C19H28O2. The zero-order valence-electron chi connectivity index (χ0n) is 13.4. The first-order chi connectivity index (χ1) is 9.95. The first-order valence-electron chi connectivity index (χ1n) is 8.87. The molecule has 3 saturated carbocycles. The van der Waals surface area contributed by atoms with Crippen LogP contribution in [0.25, 0.3) is 0 Å². The molecule has 0 bridgehead atoms. The van der Waals surface area contributed by atoms with Crippen LogP contribution in [0.5, 0.6) is 0 Å². The van der Waals surface area contributed by atoms with Crippen molar-refractivity contribution in [3.05, 3.63) is 11.6 Å². The summed E-state index contributed by atoms with van der Waals surface area (Å²) in [5, 5.41) is 10.4. The Morgan fingerprint density at radius 1 is 1.05 bits per heavy atom. The number of ketones is 1. The average molecular weight is 288 g/mol. The highest BCUT2D eigenvalue weighted by molar-refractivity contribution is 5.91. The summed E-state index contributed by atoms with van der Waals surface area (Å²) in [4.78, 5) is 11.8. The van der Waals surface area contributed by atoms with E-state index in [1.165, 1.54) is 31.3 Å². The number of rotatable bonds is 0. The van der Waals surface area contributed by atoms with Gasteiger partial charge in [-0.3, -0.25) is 4.79 Å². The molecule has 2 nitrogen and oxygen atoms in total. The first-order valence-corrected chi connectivity index (χ1v) is 8.87. The zero-order chi connectivity index (χ0) is 14.8. The maximum atomic E-state index is 11.8. The molecule has 6 atom stereocenters. The average Bonchev–Trinajstić information content (AvgIpc) is 2.76. The standard InChI is InChI=1S/C19H28O2/c1-18-9-7-13(20)11-12(18)3-4-14-15-5-6-17(21)19(15,2)10-8-16(14)18/h11,14-17,21H,3-10H2,1-2H3/t14-,15+,16-,17+,18-,19-/m1/s1. The summed E-state index contributed by atoms with van der Waals surface area (Å²) < 4.78 is 0. The Kier molecular flexibility index (Phi) is 2.96. The maximum Gasteiger partial charge on any atom is 0.155 e. The van der Waals surface area contributed by atoms with E-state index in [4.69, 9.17) is 0 Å². The summed E-state index contributed by atoms with van der Waals surface area (Å²) in [6.45, 7) is 4.76. The van der Waals surface area contributed by atoms with Crippen molar-refractivity contribution in [2.45, 2.75) is 71.3 Å². The summed E-state index contributed by atoms with van der Waals surface area (Å²) in [5.74, 6) is 2.57. The Balaban J connectivity index is 1.69. The molecular weight excluding hydrogens is 260 g/mol. The summed E-state index contributed by atoms with van der Waals surface area (Å²) in [5.41, 5.74) is 1.89. The molecule has 0 radical (unpaired) electrons. The molecule has 0 aromatic rings. The van der Waals surface area contributed by atoms with Crippen molar-refractivity contribution in [1.82, 2.24) is 0 Å². The molecule has 116 valence electrons. The third-order valence-corrected chi connectivity index (χ3v) is 7.91. The van der Waals surface area contributed by atoms with Crippen LogP contribution in [-0.2, 0) is 4.79 Å². The van der Waals surface area contributed by atoms with E-state index < -0.39 is 0 Å². The molecule has 4 rings (SSSR count). The van der Waals surface area contributed by atoms with Gasteiger partial charge in [-0.25, -0.2) is 0 Å². The van der Waals surface area contributed by atoms with Gasteiger partial charge in [0, 0.05) is 6.42 Å². The Morgan fingerprint density at radius 3 is 2.67 bits per heavy atom. The molecule has 4 aliphatic rings. The molecule has 0 heterocycles. The number of aliphatic hydroxyl groups excluding tert-OH is 1. The molecule has 4 aliphatic carbocycles. The minimum Gasteiger partial charge on any atom is -0.393 e. The van der Waals surface area contributed by atoms with Gasteiger partial charge in [-0.2, -0.15) is 0 Å². The van der Waals surface area contributed by atoms with Crippen LogP contribution in [0.1, 0.15) is 65.2 Å². The van der Waals surface area contributed by atoms with E-state index in [0.29, 0.717) is 11.7 Å². The van der Waals surface area contributed by atoms with Gasteiger partial charge in [0.05, 0.1) is 6.10 Å². The van der Waals surface area contributed by atoms with Crippen LogP contribution in [0.4, 0.5) is 0 Å². The fourth-order valence-electron chi connectivity index (χ4n) is 6.53. The van der Waals surface area contributed by atoms with Gasteiger partial charge in [0.25, 0.3) is 0 Å². The van der Waals surface area contributed by atoms with Crippen LogP contribution < -0.4 is 0 Å². The highest BCUT2D eigenvalue weighted by Crippen LogP contribution is 2.65. The molecule has 21 heavy (non-hydrogen) atoms. The molecule has 3 fully saturated rings. The number of allylic oxidation sites excluding steroid dienone is 1. The van der Waals surface area contributed by atoms with Gasteiger partial charge in [0.15, 0.2) is 5.78 Å². The van der Waals surface area contributed by atoms with Gasteiger partial charge in [-0.15, -0.1) is 0 Å². The van der Waals surface area contributed by atoms with E-state index in [0.717, 1.165) is 37.5 Å². The maximum absolute atomic E-state index is 11.8. The Labute approximate surface area is 128 Å². The van der Waals surface area contributed by atoms with Crippen molar-refractivity contribution >= 4 is 5.78 Å². The molecule has 0 spiro atoms. The predicted molar refractivity (Wildman–Crippen MR) is 82.7 cm³/mol. The molecule has 0 saturated heterocycles. The van der Waals surface area contributed by atoms with E-state index in [-0.39, 0.29) is 16.9 Å². The molecule has 0 unspecified atom stereocenters. The van der Waals surface area contributed by atoms with E-state index in [1.807, 2.05) is 6.08 Å². The zero-order valence-corrected chi connectivity index (χ0v) is 13.4. The van der Waals surface area contributed by atoms with Crippen molar-refractivity contribution in [3.63, 3.8) is 0 Å². The van der Waals surface area contributed by atoms with Crippen molar-refractivity contribution in [2.24, 2.45) is 28.6 Å². The topological polar surface area (TPSA) is 37.3 Å². The van der Waals surface area contributed by atoms with Crippen molar-refractivity contribution in [1.29, 1.82) is 0 Å². The second kappa shape index (κ2) is 4.44. The smallest absolute Gasteiger partial charge is 0.155 e. The largest absolute Gasteiger partial charge is 0.393 e. The molecule has 2 heteroatoms. The normalized spacial score (nSPS) is 52.7. The molecule has 1 N–H and O–H groups in total. The van der Waals surface area contributed by atoms with Gasteiger partial charge in [-0.05, 0) is 79.6 Å². The van der Waals surface area contributed by atoms with Crippen LogP contribution in [0.2, 0.25) is 0 Å². The van der Waals surface area contributed by atoms with Crippen LogP contribution in [-0.4, -0.2) is 17.0 Å². The summed E-state index contributed by atoms with van der Waals surface area (Å²) >= 11 is 0. The Hall–Kier alpha value is -0.630. The molecule has 0 aromatic carbocycles. The van der Waals surface area contributed by atoms with Gasteiger partial charge < -0.3 is 5.11 Å². The summed E-state index contributed by atoms with van der Waals surface area (Å²) in [6.07, 6.45) is 10.7. The van der Waals surface area contributed by atoms with Crippen LogP contribution >= 0.6 is 0 Å². The lowest BCUT2D eigenvalue weighted by atomic mass is 9.47. The third-order valence-electron chi connectivity index (χ3n) is 7.91. The number of carbonyl (C=O) groups excluding carboxylic acids is 1. The second-order valence-electron chi connectivity index (χ2n) is 8.61. The van der Waals surface area contributed by atoms with Crippen molar-refractivity contribution in [2.75, 3.05) is 0 Å². The number of fused-ring (bicyclic) bond motifs is 5. The van der Waals surface area contributed by atoms with E-state index in [1.54, 1.807) is 0 Å². The monoisotopic (exact) mass is 288 g/mol. The Bertz CT molecular complexity index is 508.